The molecule has 4 nitrogen and oxygen atoms in total. The maximum absolute atomic E-state index is 13.7. The summed E-state index contributed by atoms with van der Waals surface area (Å²) in [6.07, 6.45) is 2.32. The summed E-state index contributed by atoms with van der Waals surface area (Å²) in [6, 6.07) is 11.8. The molecule has 0 aliphatic rings. The van der Waals surface area contributed by atoms with Gasteiger partial charge in [-0.1, -0.05) is 6.07 Å². The zero-order valence-electron chi connectivity index (χ0n) is 11.5. The van der Waals surface area contributed by atoms with E-state index in [2.05, 4.69) is 10.3 Å². The number of hydrogen-bond donors (Lipinski definition) is 2. The van der Waals surface area contributed by atoms with Gasteiger partial charge in [-0.2, -0.15) is 5.26 Å². The molecule has 108 valence electrons. The van der Waals surface area contributed by atoms with E-state index in [0.29, 0.717) is 18.7 Å². The maximum atomic E-state index is 13.7. The van der Waals surface area contributed by atoms with Crippen LogP contribution >= 0.6 is 0 Å². The second kappa shape index (κ2) is 7.36. The number of nitrogens with zero attached hydrogens (tertiary/aromatic N) is 2. The fourth-order valence-corrected chi connectivity index (χ4v) is 2.00. The first-order chi connectivity index (χ1) is 10.2. The fraction of sp³-hybridized carbons (Fsp3) is 0.250. The van der Waals surface area contributed by atoms with Crippen LogP contribution in [0.25, 0.3) is 0 Å². The highest BCUT2D eigenvalue weighted by atomic mass is 19.1. The quantitative estimate of drug-likeness (QED) is 0.855. The van der Waals surface area contributed by atoms with Crippen molar-refractivity contribution in [3.8, 4) is 6.07 Å². The zero-order valence-corrected chi connectivity index (χ0v) is 11.5. The third-order valence-corrected chi connectivity index (χ3v) is 3.16. The monoisotopic (exact) mass is 285 g/mol. The number of nitrogens with one attached hydrogen (secondary N) is 1. The first kappa shape index (κ1) is 14.9. The average Bonchev–Trinajstić information content (AvgIpc) is 2.53. The van der Waals surface area contributed by atoms with E-state index in [1.54, 1.807) is 12.3 Å². The highest BCUT2D eigenvalue weighted by molar-refractivity contribution is 5.48. The van der Waals surface area contributed by atoms with Gasteiger partial charge in [-0.3, -0.25) is 4.98 Å². The molecule has 0 amide bonds. The van der Waals surface area contributed by atoms with Crippen LogP contribution in [0.3, 0.4) is 0 Å². The maximum Gasteiger partial charge on any atom is 0.147 e. The Kier molecular flexibility index (Phi) is 5.24. The number of nitriles is 1. The van der Waals surface area contributed by atoms with E-state index in [4.69, 9.17) is 5.26 Å². The summed E-state index contributed by atoms with van der Waals surface area (Å²) in [4.78, 5) is 4.21. The minimum absolute atomic E-state index is 0.0124. The number of hydrogen-bond acceptors (Lipinski definition) is 4. The molecule has 0 saturated carbocycles. The van der Waals surface area contributed by atoms with E-state index in [-0.39, 0.29) is 18.1 Å². The Balaban J connectivity index is 1.96. The molecule has 2 rings (SSSR count). The normalized spacial score (nSPS) is 11.7. The molecular formula is C16H16FN3O. The van der Waals surface area contributed by atoms with E-state index in [1.807, 2.05) is 24.3 Å². The van der Waals surface area contributed by atoms with Crippen LogP contribution in [0, 0.1) is 23.1 Å². The second-order valence-corrected chi connectivity index (χ2v) is 4.76. The predicted octanol–water partition coefficient (Wildman–Crippen LogP) is 2.36. The molecule has 0 saturated heterocycles. The molecule has 1 heterocycles. The first-order valence-electron chi connectivity index (χ1n) is 6.67. The minimum Gasteiger partial charge on any atom is -0.396 e. The van der Waals surface area contributed by atoms with Gasteiger partial charge in [0.2, 0.25) is 0 Å². The van der Waals surface area contributed by atoms with Crippen molar-refractivity contribution in [2.75, 3.05) is 18.5 Å². The molecule has 2 aromatic rings. The van der Waals surface area contributed by atoms with E-state index in [0.717, 1.165) is 5.69 Å². The van der Waals surface area contributed by atoms with E-state index >= 15 is 0 Å². The fourth-order valence-electron chi connectivity index (χ4n) is 2.00. The summed E-state index contributed by atoms with van der Waals surface area (Å²) in [7, 11) is 0. The summed E-state index contributed by atoms with van der Waals surface area (Å²) in [6.45, 7) is 0.414. The molecule has 0 bridgehead atoms. The molecule has 0 unspecified atom stereocenters. The third-order valence-electron chi connectivity index (χ3n) is 3.16. The van der Waals surface area contributed by atoms with Gasteiger partial charge in [0.25, 0.3) is 0 Å². The van der Waals surface area contributed by atoms with Gasteiger partial charge in [0.15, 0.2) is 0 Å². The van der Waals surface area contributed by atoms with Crippen molar-refractivity contribution in [1.29, 1.82) is 5.26 Å². The molecule has 0 fully saturated rings. The van der Waals surface area contributed by atoms with E-state index in [9.17, 15) is 9.50 Å². The van der Waals surface area contributed by atoms with Gasteiger partial charge in [0, 0.05) is 31.0 Å². The van der Waals surface area contributed by atoms with Crippen LogP contribution in [0.2, 0.25) is 0 Å². The Morgan fingerprint density at radius 3 is 2.81 bits per heavy atom. The number of benzene rings is 1. The number of halogens is 1. The molecule has 21 heavy (non-hydrogen) atoms. The highest BCUT2D eigenvalue weighted by Crippen LogP contribution is 2.16. The molecule has 2 N–H and O–H groups in total. The Hall–Kier alpha value is -2.45. The van der Waals surface area contributed by atoms with Gasteiger partial charge >= 0.3 is 0 Å². The van der Waals surface area contributed by atoms with Crippen molar-refractivity contribution in [3.05, 3.63) is 59.7 Å². The summed E-state index contributed by atoms with van der Waals surface area (Å²) in [5, 5.41) is 21.1. The van der Waals surface area contributed by atoms with Crippen LogP contribution in [0.4, 0.5) is 10.1 Å². The number of aliphatic hydroxyl groups is 1. The molecule has 1 atom stereocenters. The standard InChI is InChI=1S/C16H16FN3O/c17-15-8-12(9-18)4-5-16(15)20-10-13(11-21)7-14-3-1-2-6-19-14/h1-6,8,13,20-21H,7,10-11H2/t13-/m0/s1. The molecule has 5 heteroatoms. The molecule has 1 aromatic carbocycles. The SMILES string of the molecule is N#Cc1ccc(NC[C@@H](CO)Cc2ccccn2)c(F)c1. The van der Waals surface area contributed by atoms with Gasteiger partial charge in [0.1, 0.15) is 5.82 Å². The van der Waals surface area contributed by atoms with E-state index in [1.165, 1.54) is 12.1 Å². The average molecular weight is 285 g/mol. The van der Waals surface area contributed by atoms with Crippen molar-refractivity contribution in [1.82, 2.24) is 4.98 Å². The van der Waals surface area contributed by atoms with Crippen LogP contribution in [0.15, 0.2) is 42.6 Å². The topological polar surface area (TPSA) is 68.9 Å². The zero-order chi connectivity index (χ0) is 15.1. The Bertz CT molecular complexity index is 625. The summed E-state index contributed by atoms with van der Waals surface area (Å²) in [5.41, 5.74) is 1.50. The lowest BCUT2D eigenvalue weighted by Crippen LogP contribution is -2.21. The largest absolute Gasteiger partial charge is 0.396 e. The summed E-state index contributed by atoms with van der Waals surface area (Å²) in [5.74, 6) is -0.529. The molecule has 0 radical (unpaired) electrons. The Morgan fingerprint density at radius 1 is 1.33 bits per heavy atom. The number of pyridine rings is 1. The van der Waals surface area contributed by atoms with Gasteiger partial charge in [-0.05, 0) is 36.8 Å². The summed E-state index contributed by atoms with van der Waals surface area (Å²) >= 11 is 0. The molecule has 0 aliphatic carbocycles. The van der Waals surface area contributed by atoms with Crippen molar-refractivity contribution in [2.45, 2.75) is 6.42 Å². The van der Waals surface area contributed by atoms with Gasteiger partial charge in [-0.15, -0.1) is 0 Å². The van der Waals surface area contributed by atoms with Crippen molar-refractivity contribution in [3.63, 3.8) is 0 Å². The second-order valence-electron chi connectivity index (χ2n) is 4.76. The molecule has 0 spiro atoms. The van der Waals surface area contributed by atoms with Crippen molar-refractivity contribution >= 4 is 5.69 Å². The highest BCUT2D eigenvalue weighted by Gasteiger charge is 2.11. The van der Waals surface area contributed by atoms with Crippen molar-refractivity contribution < 1.29 is 9.50 Å². The Labute approximate surface area is 122 Å². The minimum atomic E-state index is -0.469. The number of anilines is 1. The van der Waals surface area contributed by atoms with E-state index < -0.39 is 5.82 Å². The van der Waals surface area contributed by atoms with Crippen LogP contribution in [-0.2, 0) is 6.42 Å². The van der Waals surface area contributed by atoms with Crippen molar-refractivity contribution in [2.24, 2.45) is 5.92 Å². The number of aliphatic hydroxyl groups excluding tert-OH is 1. The lowest BCUT2D eigenvalue weighted by Gasteiger charge is -2.16. The van der Waals surface area contributed by atoms with Crippen LogP contribution in [0.5, 0.6) is 0 Å². The van der Waals surface area contributed by atoms with Gasteiger partial charge in [-0.25, -0.2) is 4.39 Å². The van der Waals surface area contributed by atoms with Gasteiger partial charge in [0.05, 0.1) is 17.3 Å². The van der Waals surface area contributed by atoms with Crippen LogP contribution < -0.4 is 5.32 Å². The molecule has 0 aliphatic heterocycles. The number of rotatable bonds is 6. The summed E-state index contributed by atoms with van der Waals surface area (Å²) < 4.78 is 13.7. The Morgan fingerprint density at radius 2 is 2.19 bits per heavy atom. The van der Waals surface area contributed by atoms with Crippen LogP contribution in [0.1, 0.15) is 11.3 Å². The number of aromatic nitrogens is 1. The third kappa shape index (κ3) is 4.26. The van der Waals surface area contributed by atoms with Crippen LogP contribution in [-0.4, -0.2) is 23.2 Å². The smallest absolute Gasteiger partial charge is 0.147 e. The van der Waals surface area contributed by atoms with Gasteiger partial charge < -0.3 is 10.4 Å². The molecular weight excluding hydrogens is 269 g/mol. The lowest BCUT2D eigenvalue weighted by molar-refractivity contribution is 0.232. The molecule has 1 aromatic heterocycles. The lowest BCUT2D eigenvalue weighted by atomic mass is 10.0. The predicted molar refractivity (Wildman–Crippen MR) is 78.1 cm³/mol. The first-order valence-corrected chi connectivity index (χ1v) is 6.67.